The highest BCUT2D eigenvalue weighted by molar-refractivity contribution is 5.98. The van der Waals surface area contributed by atoms with Gasteiger partial charge in [0.1, 0.15) is 5.82 Å². The highest BCUT2D eigenvalue weighted by Gasteiger charge is 2.25. The second-order valence-electron chi connectivity index (χ2n) is 5.02. The lowest BCUT2D eigenvalue weighted by atomic mass is 10.1. The normalized spacial score (nSPS) is 19.9. The first-order chi connectivity index (χ1) is 8.65. The molecule has 1 saturated heterocycles. The standard InChI is InChI=1S/C13H17N3O2/c1-8-6-10-11(7-14-13(10)18)15-12(8)16-4-2-9(17)3-5-16/h6,9,17H,2-5,7H2,1H3,(H,14,18). The minimum atomic E-state index is -0.181. The van der Waals surface area contributed by atoms with E-state index in [9.17, 15) is 9.90 Å². The van der Waals surface area contributed by atoms with Crippen LogP contribution in [0.2, 0.25) is 0 Å². The summed E-state index contributed by atoms with van der Waals surface area (Å²) in [5, 5.41) is 12.3. The van der Waals surface area contributed by atoms with Gasteiger partial charge in [-0.3, -0.25) is 4.79 Å². The van der Waals surface area contributed by atoms with Gasteiger partial charge in [-0.25, -0.2) is 4.98 Å². The van der Waals surface area contributed by atoms with Crippen LogP contribution >= 0.6 is 0 Å². The lowest BCUT2D eigenvalue weighted by Gasteiger charge is -2.31. The molecule has 0 atom stereocenters. The number of carbonyl (C=O) groups excluding carboxylic acids is 1. The number of hydrogen-bond donors (Lipinski definition) is 2. The van der Waals surface area contributed by atoms with Gasteiger partial charge in [-0.1, -0.05) is 0 Å². The highest BCUT2D eigenvalue weighted by atomic mass is 16.3. The van der Waals surface area contributed by atoms with Gasteiger partial charge in [0, 0.05) is 13.1 Å². The van der Waals surface area contributed by atoms with Gasteiger partial charge in [0.05, 0.1) is 23.9 Å². The van der Waals surface area contributed by atoms with Gasteiger partial charge in [-0.05, 0) is 31.4 Å². The largest absolute Gasteiger partial charge is 0.393 e. The Morgan fingerprint density at radius 1 is 1.44 bits per heavy atom. The van der Waals surface area contributed by atoms with E-state index in [1.807, 2.05) is 13.0 Å². The van der Waals surface area contributed by atoms with Gasteiger partial charge in [-0.15, -0.1) is 0 Å². The first-order valence-corrected chi connectivity index (χ1v) is 6.37. The predicted molar refractivity (Wildman–Crippen MR) is 67.6 cm³/mol. The lowest BCUT2D eigenvalue weighted by Crippen LogP contribution is -2.36. The molecule has 0 aromatic carbocycles. The first kappa shape index (κ1) is 11.5. The summed E-state index contributed by atoms with van der Waals surface area (Å²) in [5.41, 5.74) is 2.57. The van der Waals surface area contributed by atoms with E-state index in [2.05, 4.69) is 15.2 Å². The number of fused-ring (bicyclic) bond motifs is 1. The Bertz CT molecular complexity index is 493. The van der Waals surface area contributed by atoms with Crippen LogP contribution in [0, 0.1) is 6.92 Å². The summed E-state index contributed by atoms with van der Waals surface area (Å²) in [6.45, 7) is 4.17. The van der Waals surface area contributed by atoms with Gasteiger partial charge >= 0.3 is 0 Å². The molecule has 1 amide bonds. The number of nitrogens with one attached hydrogen (secondary N) is 1. The molecule has 96 valence electrons. The third-order valence-corrected chi connectivity index (χ3v) is 3.69. The fourth-order valence-corrected chi connectivity index (χ4v) is 2.63. The quantitative estimate of drug-likeness (QED) is 0.762. The molecule has 5 nitrogen and oxygen atoms in total. The van der Waals surface area contributed by atoms with E-state index < -0.39 is 0 Å². The molecule has 1 aromatic rings. The number of pyridine rings is 1. The molecule has 3 heterocycles. The summed E-state index contributed by atoms with van der Waals surface area (Å²) < 4.78 is 0. The number of aryl methyl sites for hydroxylation is 1. The molecule has 3 rings (SSSR count). The second-order valence-corrected chi connectivity index (χ2v) is 5.02. The number of amides is 1. The van der Waals surface area contributed by atoms with Crippen molar-refractivity contribution in [2.75, 3.05) is 18.0 Å². The number of nitrogens with zero attached hydrogens (tertiary/aromatic N) is 2. The van der Waals surface area contributed by atoms with Gasteiger partial charge < -0.3 is 15.3 Å². The van der Waals surface area contributed by atoms with Crippen molar-refractivity contribution in [3.8, 4) is 0 Å². The van der Waals surface area contributed by atoms with Crippen molar-refractivity contribution in [1.82, 2.24) is 10.3 Å². The number of aliphatic hydroxyl groups is 1. The summed E-state index contributed by atoms with van der Waals surface area (Å²) in [6.07, 6.45) is 1.39. The van der Waals surface area contributed by atoms with E-state index >= 15 is 0 Å². The van der Waals surface area contributed by atoms with Crippen LogP contribution in [-0.4, -0.2) is 35.2 Å². The number of aliphatic hydroxyl groups excluding tert-OH is 1. The molecule has 2 aliphatic heterocycles. The van der Waals surface area contributed by atoms with Crippen molar-refractivity contribution in [1.29, 1.82) is 0 Å². The molecular weight excluding hydrogens is 230 g/mol. The number of aromatic nitrogens is 1. The predicted octanol–water partition coefficient (Wildman–Crippen LogP) is 0.595. The number of hydrogen-bond acceptors (Lipinski definition) is 4. The third kappa shape index (κ3) is 1.84. The number of anilines is 1. The van der Waals surface area contributed by atoms with Crippen LogP contribution in [0.15, 0.2) is 6.07 Å². The molecular formula is C13H17N3O2. The van der Waals surface area contributed by atoms with E-state index in [-0.39, 0.29) is 12.0 Å². The van der Waals surface area contributed by atoms with E-state index in [1.165, 1.54) is 0 Å². The van der Waals surface area contributed by atoms with Crippen molar-refractivity contribution in [2.45, 2.75) is 32.4 Å². The maximum atomic E-state index is 11.6. The summed E-state index contributed by atoms with van der Waals surface area (Å²) in [7, 11) is 0. The molecule has 5 heteroatoms. The van der Waals surface area contributed by atoms with Gasteiger partial charge in [0.25, 0.3) is 5.91 Å². The van der Waals surface area contributed by atoms with Crippen LogP contribution in [0.5, 0.6) is 0 Å². The monoisotopic (exact) mass is 247 g/mol. The number of rotatable bonds is 1. The zero-order valence-electron chi connectivity index (χ0n) is 10.4. The van der Waals surface area contributed by atoms with Crippen molar-refractivity contribution < 1.29 is 9.90 Å². The zero-order chi connectivity index (χ0) is 12.7. The molecule has 0 unspecified atom stereocenters. The molecule has 1 aromatic heterocycles. The summed E-state index contributed by atoms with van der Waals surface area (Å²) in [4.78, 5) is 18.4. The van der Waals surface area contributed by atoms with Crippen LogP contribution in [0.25, 0.3) is 0 Å². The molecule has 0 saturated carbocycles. The Balaban J connectivity index is 1.91. The van der Waals surface area contributed by atoms with E-state index in [0.717, 1.165) is 43.0 Å². The SMILES string of the molecule is Cc1cc2c(nc1N1CCC(O)CC1)CNC2=O. The third-order valence-electron chi connectivity index (χ3n) is 3.69. The van der Waals surface area contributed by atoms with Crippen molar-refractivity contribution >= 4 is 11.7 Å². The van der Waals surface area contributed by atoms with Crippen molar-refractivity contribution in [3.63, 3.8) is 0 Å². The molecule has 0 spiro atoms. The topological polar surface area (TPSA) is 65.5 Å². The maximum absolute atomic E-state index is 11.6. The van der Waals surface area contributed by atoms with Crippen LogP contribution in [0.4, 0.5) is 5.82 Å². The van der Waals surface area contributed by atoms with Gasteiger partial charge in [0.2, 0.25) is 0 Å². The smallest absolute Gasteiger partial charge is 0.253 e. The number of carbonyl (C=O) groups is 1. The molecule has 2 aliphatic rings. The molecule has 0 radical (unpaired) electrons. The molecule has 2 N–H and O–H groups in total. The van der Waals surface area contributed by atoms with Crippen molar-refractivity contribution in [2.24, 2.45) is 0 Å². The second kappa shape index (κ2) is 4.24. The Hall–Kier alpha value is -1.62. The summed E-state index contributed by atoms with van der Waals surface area (Å²) in [5.74, 6) is 0.929. The minimum absolute atomic E-state index is 0.0267. The first-order valence-electron chi connectivity index (χ1n) is 6.37. The molecule has 18 heavy (non-hydrogen) atoms. The fraction of sp³-hybridized carbons (Fsp3) is 0.538. The average Bonchev–Trinajstić information content (AvgIpc) is 2.71. The van der Waals surface area contributed by atoms with Crippen LogP contribution in [0.1, 0.15) is 34.5 Å². The van der Waals surface area contributed by atoms with E-state index in [0.29, 0.717) is 12.1 Å². The Kier molecular flexibility index (Phi) is 2.70. The molecule has 1 fully saturated rings. The van der Waals surface area contributed by atoms with Crippen molar-refractivity contribution in [3.05, 3.63) is 22.9 Å². The average molecular weight is 247 g/mol. The molecule has 0 bridgehead atoms. The summed E-state index contributed by atoms with van der Waals surface area (Å²) in [6, 6.07) is 1.92. The Morgan fingerprint density at radius 3 is 2.89 bits per heavy atom. The summed E-state index contributed by atoms with van der Waals surface area (Å²) >= 11 is 0. The fourth-order valence-electron chi connectivity index (χ4n) is 2.63. The Labute approximate surface area is 106 Å². The van der Waals surface area contributed by atoms with Crippen LogP contribution in [0.3, 0.4) is 0 Å². The van der Waals surface area contributed by atoms with E-state index in [4.69, 9.17) is 0 Å². The zero-order valence-corrected chi connectivity index (χ0v) is 10.4. The highest BCUT2D eigenvalue weighted by Crippen LogP contribution is 2.25. The Morgan fingerprint density at radius 2 is 2.17 bits per heavy atom. The number of piperidine rings is 1. The van der Waals surface area contributed by atoms with Gasteiger partial charge in [-0.2, -0.15) is 0 Å². The molecule has 0 aliphatic carbocycles. The lowest BCUT2D eigenvalue weighted by molar-refractivity contribution is 0.0965. The van der Waals surface area contributed by atoms with Crippen LogP contribution < -0.4 is 10.2 Å². The van der Waals surface area contributed by atoms with E-state index in [1.54, 1.807) is 0 Å². The minimum Gasteiger partial charge on any atom is -0.393 e. The van der Waals surface area contributed by atoms with Crippen LogP contribution in [-0.2, 0) is 6.54 Å². The maximum Gasteiger partial charge on any atom is 0.253 e. The van der Waals surface area contributed by atoms with Gasteiger partial charge in [0.15, 0.2) is 0 Å².